The molecule has 1 aromatic heterocycles. The third-order valence-corrected chi connectivity index (χ3v) is 8.11. The maximum atomic E-state index is 12.8. The summed E-state index contributed by atoms with van der Waals surface area (Å²) in [7, 11) is -0.0422. The molecule has 0 unspecified atom stereocenters. The Balaban J connectivity index is 1.48. The van der Waals surface area contributed by atoms with Gasteiger partial charge >= 0.3 is 0 Å². The lowest BCUT2D eigenvalue weighted by Gasteiger charge is -2.31. The molecule has 9 nitrogen and oxygen atoms in total. The highest BCUT2D eigenvalue weighted by Crippen LogP contribution is 2.21. The zero-order valence-corrected chi connectivity index (χ0v) is 20.7. The Kier molecular flexibility index (Phi) is 8.46. The lowest BCUT2D eigenvalue weighted by Crippen LogP contribution is -2.47. The van der Waals surface area contributed by atoms with Gasteiger partial charge in [-0.2, -0.15) is 4.31 Å². The third-order valence-electron chi connectivity index (χ3n) is 5.29. The van der Waals surface area contributed by atoms with Crippen molar-refractivity contribution >= 4 is 39.3 Å². The quantitative estimate of drug-likeness (QED) is 0.559. The molecule has 1 N–H and O–H groups in total. The third kappa shape index (κ3) is 7.00. The molecule has 33 heavy (non-hydrogen) atoms. The monoisotopic (exact) mass is 491 g/mol. The normalized spacial score (nSPS) is 15.2. The second-order valence-corrected chi connectivity index (χ2v) is 10.9. The SMILES string of the molecule is Cc1ccc(NC(=O)CN(C)C(=O)CSc2ccc(S(=O)(=O)N3CCN(C)CC3)cn2)cc1. The highest BCUT2D eigenvalue weighted by Gasteiger charge is 2.27. The van der Waals surface area contributed by atoms with Gasteiger partial charge in [0.15, 0.2) is 0 Å². The molecule has 1 aliphatic rings. The molecule has 0 aliphatic carbocycles. The van der Waals surface area contributed by atoms with Crippen molar-refractivity contribution < 1.29 is 18.0 Å². The predicted molar refractivity (Wildman–Crippen MR) is 129 cm³/mol. The molecule has 1 aliphatic heterocycles. The van der Waals surface area contributed by atoms with Gasteiger partial charge in [-0.1, -0.05) is 29.5 Å². The first kappa shape index (κ1) is 25.2. The molecule has 0 bridgehead atoms. The number of nitrogens with one attached hydrogen (secondary N) is 1. The average molecular weight is 492 g/mol. The Hall–Kier alpha value is -2.47. The number of benzene rings is 1. The number of nitrogens with zero attached hydrogens (tertiary/aromatic N) is 4. The average Bonchev–Trinajstić information content (AvgIpc) is 2.79. The van der Waals surface area contributed by atoms with E-state index in [-0.39, 0.29) is 29.0 Å². The molecule has 0 atom stereocenters. The maximum absolute atomic E-state index is 12.8. The van der Waals surface area contributed by atoms with Crippen molar-refractivity contribution in [2.45, 2.75) is 16.8 Å². The lowest BCUT2D eigenvalue weighted by atomic mass is 10.2. The zero-order chi connectivity index (χ0) is 24.0. The lowest BCUT2D eigenvalue weighted by molar-refractivity contribution is -0.131. The molecule has 2 aromatic rings. The molecule has 2 amide bonds. The molecule has 2 heterocycles. The van der Waals surface area contributed by atoms with E-state index < -0.39 is 10.0 Å². The summed E-state index contributed by atoms with van der Waals surface area (Å²) in [6.07, 6.45) is 1.33. The fraction of sp³-hybridized carbons (Fsp3) is 0.409. The Morgan fingerprint density at radius 3 is 2.36 bits per heavy atom. The van der Waals surface area contributed by atoms with E-state index >= 15 is 0 Å². The van der Waals surface area contributed by atoms with Gasteiger partial charge in [0.2, 0.25) is 21.8 Å². The Morgan fingerprint density at radius 1 is 1.09 bits per heavy atom. The van der Waals surface area contributed by atoms with Crippen LogP contribution in [-0.2, 0) is 19.6 Å². The van der Waals surface area contributed by atoms with Gasteiger partial charge < -0.3 is 15.1 Å². The van der Waals surface area contributed by atoms with Crippen LogP contribution in [0.2, 0.25) is 0 Å². The first-order chi connectivity index (χ1) is 15.6. The molecule has 1 saturated heterocycles. The van der Waals surface area contributed by atoms with E-state index in [1.807, 2.05) is 38.2 Å². The summed E-state index contributed by atoms with van der Waals surface area (Å²) in [4.78, 5) is 32.4. The number of piperazine rings is 1. The van der Waals surface area contributed by atoms with Gasteiger partial charge in [0.1, 0.15) is 4.90 Å². The van der Waals surface area contributed by atoms with Gasteiger partial charge in [-0.05, 0) is 38.2 Å². The number of thioether (sulfide) groups is 1. The summed E-state index contributed by atoms with van der Waals surface area (Å²) in [5, 5.41) is 3.30. The van der Waals surface area contributed by atoms with Crippen LogP contribution in [0.25, 0.3) is 0 Å². The molecule has 0 radical (unpaired) electrons. The van der Waals surface area contributed by atoms with Crippen LogP contribution in [0.5, 0.6) is 0 Å². The molecule has 11 heteroatoms. The Morgan fingerprint density at radius 2 is 1.76 bits per heavy atom. The van der Waals surface area contributed by atoms with E-state index in [0.29, 0.717) is 36.9 Å². The summed E-state index contributed by atoms with van der Waals surface area (Å²) < 4.78 is 27.0. The van der Waals surface area contributed by atoms with E-state index in [9.17, 15) is 18.0 Å². The summed E-state index contributed by atoms with van der Waals surface area (Å²) in [5.74, 6) is -0.419. The fourth-order valence-electron chi connectivity index (χ4n) is 3.17. The van der Waals surface area contributed by atoms with Gasteiger partial charge in [-0.15, -0.1) is 0 Å². The van der Waals surface area contributed by atoms with Crippen molar-refractivity contribution in [2.75, 3.05) is 57.9 Å². The Bertz CT molecular complexity index is 1070. The number of carbonyl (C=O) groups is 2. The number of hydrogen-bond donors (Lipinski definition) is 1. The number of rotatable bonds is 8. The van der Waals surface area contributed by atoms with E-state index in [1.165, 1.54) is 33.2 Å². The number of pyridine rings is 1. The molecule has 178 valence electrons. The van der Waals surface area contributed by atoms with Gasteiger partial charge in [0.05, 0.1) is 17.3 Å². The minimum absolute atomic E-state index is 0.0666. The number of aryl methyl sites for hydroxylation is 1. The number of carbonyl (C=O) groups excluding carboxylic acids is 2. The Labute approximate surface area is 199 Å². The van der Waals surface area contributed by atoms with Crippen molar-refractivity contribution in [1.29, 1.82) is 0 Å². The second-order valence-electron chi connectivity index (χ2n) is 7.99. The molecule has 1 fully saturated rings. The molecular formula is C22H29N5O4S2. The van der Waals surface area contributed by atoms with E-state index in [1.54, 1.807) is 13.1 Å². The van der Waals surface area contributed by atoms with Crippen LogP contribution < -0.4 is 5.32 Å². The van der Waals surface area contributed by atoms with Crippen LogP contribution in [-0.4, -0.2) is 91.9 Å². The van der Waals surface area contributed by atoms with E-state index in [0.717, 1.165) is 5.56 Å². The topological polar surface area (TPSA) is 103 Å². The summed E-state index contributed by atoms with van der Waals surface area (Å²) in [6, 6.07) is 10.5. The highest BCUT2D eigenvalue weighted by molar-refractivity contribution is 7.99. The minimum Gasteiger partial charge on any atom is -0.336 e. The number of anilines is 1. The minimum atomic E-state index is -3.57. The largest absolute Gasteiger partial charge is 0.336 e. The first-order valence-electron chi connectivity index (χ1n) is 10.5. The van der Waals surface area contributed by atoms with Gasteiger partial charge in [0.25, 0.3) is 0 Å². The number of likely N-dealkylation sites (N-methyl/N-ethyl adjacent to an activating group) is 2. The maximum Gasteiger partial charge on any atom is 0.244 e. The van der Waals surface area contributed by atoms with Crippen LogP contribution in [0.4, 0.5) is 5.69 Å². The van der Waals surface area contributed by atoms with Gasteiger partial charge in [0, 0.05) is 45.1 Å². The van der Waals surface area contributed by atoms with Crippen molar-refractivity contribution in [3.63, 3.8) is 0 Å². The smallest absolute Gasteiger partial charge is 0.244 e. The molecule has 3 rings (SSSR count). The van der Waals surface area contributed by atoms with E-state index in [4.69, 9.17) is 0 Å². The van der Waals surface area contributed by atoms with Crippen molar-refractivity contribution in [2.24, 2.45) is 0 Å². The fourth-order valence-corrected chi connectivity index (χ4v) is 5.32. The summed E-state index contributed by atoms with van der Waals surface area (Å²) in [5.41, 5.74) is 1.77. The predicted octanol–water partition coefficient (Wildman–Crippen LogP) is 1.52. The first-order valence-corrected chi connectivity index (χ1v) is 13.0. The number of amides is 2. The summed E-state index contributed by atoms with van der Waals surface area (Å²) >= 11 is 1.20. The van der Waals surface area contributed by atoms with Gasteiger partial charge in [-0.25, -0.2) is 13.4 Å². The van der Waals surface area contributed by atoms with Crippen LogP contribution >= 0.6 is 11.8 Å². The van der Waals surface area contributed by atoms with Crippen LogP contribution in [0.3, 0.4) is 0 Å². The number of hydrogen-bond acceptors (Lipinski definition) is 7. The zero-order valence-electron chi connectivity index (χ0n) is 19.0. The van der Waals surface area contributed by atoms with Gasteiger partial charge in [-0.3, -0.25) is 9.59 Å². The van der Waals surface area contributed by atoms with Crippen molar-refractivity contribution in [3.05, 3.63) is 48.2 Å². The number of aromatic nitrogens is 1. The molecular weight excluding hydrogens is 462 g/mol. The standard InChI is InChI=1S/C22H29N5O4S2/c1-17-4-6-18(7-5-17)24-20(28)15-26(3)22(29)16-32-21-9-8-19(14-23-21)33(30,31)27-12-10-25(2)11-13-27/h4-9,14H,10-13,15-16H2,1-3H3,(H,24,28). The van der Waals surface area contributed by atoms with E-state index in [2.05, 4.69) is 15.2 Å². The molecule has 0 saturated carbocycles. The van der Waals surface area contributed by atoms with Crippen LogP contribution in [0.1, 0.15) is 5.56 Å². The van der Waals surface area contributed by atoms with Crippen molar-refractivity contribution in [3.8, 4) is 0 Å². The molecule has 1 aromatic carbocycles. The van der Waals surface area contributed by atoms with Crippen LogP contribution in [0, 0.1) is 6.92 Å². The second kappa shape index (κ2) is 11.1. The van der Waals surface area contributed by atoms with Crippen molar-refractivity contribution in [1.82, 2.24) is 19.1 Å². The molecule has 0 spiro atoms. The van der Waals surface area contributed by atoms with Crippen LogP contribution in [0.15, 0.2) is 52.5 Å². The highest BCUT2D eigenvalue weighted by atomic mass is 32.2. The number of sulfonamides is 1. The summed E-state index contributed by atoms with van der Waals surface area (Å²) in [6.45, 7) is 4.19.